The molecule has 0 aliphatic heterocycles. The van der Waals surface area contributed by atoms with Crippen LogP contribution in [0.5, 0.6) is 0 Å². The van der Waals surface area contributed by atoms with Gasteiger partial charge in [0.1, 0.15) is 0 Å². The molecule has 1 unspecified atom stereocenters. The first-order valence-electron chi connectivity index (χ1n) is 6.17. The molecule has 0 bridgehead atoms. The predicted molar refractivity (Wildman–Crippen MR) is 64.7 cm³/mol. The molecule has 1 saturated carbocycles. The molecule has 2 amide bonds. The van der Waals surface area contributed by atoms with E-state index in [9.17, 15) is 9.59 Å². The highest BCUT2D eigenvalue weighted by Gasteiger charge is 2.27. The van der Waals surface area contributed by atoms with Gasteiger partial charge in [-0.05, 0) is 24.7 Å². The number of carbonyl (C=O) groups is 2. The Morgan fingerprint density at radius 1 is 1.35 bits per heavy atom. The highest BCUT2D eigenvalue weighted by Crippen LogP contribution is 2.26. The van der Waals surface area contributed by atoms with Gasteiger partial charge in [-0.15, -0.1) is 0 Å². The predicted octanol–water partition coefficient (Wildman–Crippen LogP) is 1.58. The van der Waals surface area contributed by atoms with Crippen LogP contribution >= 0.6 is 0 Å². The Balaban J connectivity index is 2.33. The molecule has 0 radical (unpaired) electrons. The number of carboxylic acids is 1. The quantitative estimate of drug-likeness (QED) is 0.685. The highest BCUT2D eigenvalue weighted by atomic mass is 16.4. The number of carbonyl (C=O) groups excluding carboxylic acids is 1. The van der Waals surface area contributed by atoms with Gasteiger partial charge in [0.05, 0.1) is 6.42 Å². The van der Waals surface area contributed by atoms with Crippen LogP contribution in [-0.4, -0.2) is 29.2 Å². The van der Waals surface area contributed by atoms with Crippen LogP contribution in [0.3, 0.4) is 0 Å². The lowest BCUT2D eigenvalue weighted by Crippen LogP contribution is -2.51. The van der Waals surface area contributed by atoms with Crippen molar-refractivity contribution in [2.24, 2.45) is 11.8 Å². The summed E-state index contributed by atoms with van der Waals surface area (Å²) in [5.74, 6) is -0.0985. The number of hydrogen-bond donors (Lipinski definition) is 3. The normalized spacial score (nSPS) is 24.9. The van der Waals surface area contributed by atoms with Crippen LogP contribution in [0.15, 0.2) is 0 Å². The number of amides is 2. The van der Waals surface area contributed by atoms with Gasteiger partial charge >= 0.3 is 12.0 Å². The number of carboxylic acid groups (broad SMARTS) is 1. The van der Waals surface area contributed by atoms with Gasteiger partial charge in [0.15, 0.2) is 0 Å². The summed E-state index contributed by atoms with van der Waals surface area (Å²) in [6.45, 7) is 5.95. The van der Waals surface area contributed by atoms with Crippen molar-refractivity contribution < 1.29 is 14.7 Å². The highest BCUT2D eigenvalue weighted by molar-refractivity contribution is 5.76. The Labute approximate surface area is 102 Å². The second-order valence-corrected chi connectivity index (χ2v) is 5.34. The summed E-state index contributed by atoms with van der Waals surface area (Å²) in [6, 6.07) is -0.311. The van der Waals surface area contributed by atoms with E-state index in [4.69, 9.17) is 5.11 Å². The molecule has 1 rings (SSSR count). The van der Waals surface area contributed by atoms with Gasteiger partial charge in [0, 0.05) is 12.1 Å². The number of aliphatic carboxylic acids is 1. The number of nitrogens with one attached hydrogen (secondary N) is 2. The van der Waals surface area contributed by atoms with Gasteiger partial charge in [-0.25, -0.2) is 4.79 Å². The minimum Gasteiger partial charge on any atom is -0.481 e. The molecule has 0 spiro atoms. The lowest BCUT2D eigenvalue weighted by Gasteiger charge is -2.34. The summed E-state index contributed by atoms with van der Waals surface area (Å²) in [7, 11) is 0. The second kappa shape index (κ2) is 5.89. The molecule has 1 aliphatic rings. The molecule has 0 aromatic rings. The van der Waals surface area contributed by atoms with Crippen LogP contribution in [0.4, 0.5) is 4.79 Å². The maximum Gasteiger partial charge on any atom is 0.315 e. The third-order valence-corrected chi connectivity index (χ3v) is 3.22. The summed E-state index contributed by atoms with van der Waals surface area (Å²) >= 11 is 0. The van der Waals surface area contributed by atoms with Crippen molar-refractivity contribution in [3.05, 3.63) is 0 Å². The van der Waals surface area contributed by atoms with Gasteiger partial charge in [-0.1, -0.05) is 20.8 Å². The second-order valence-electron chi connectivity index (χ2n) is 5.34. The summed E-state index contributed by atoms with van der Waals surface area (Å²) in [6.07, 6.45) is 1.99. The van der Waals surface area contributed by atoms with Crippen molar-refractivity contribution in [1.82, 2.24) is 10.6 Å². The van der Waals surface area contributed by atoms with Gasteiger partial charge in [-0.3, -0.25) is 4.79 Å². The lowest BCUT2D eigenvalue weighted by atomic mass is 9.82. The number of urea groups is 1. The molecule has 1 fully saturated rings. The zero-order valence-corrected chi connectivity index (χ0v) is 10.7. The minimum absolute atomic E-state index is 0.0356. The molecule has 1 aliphatic carbocycles. The number of rotatable bonds is 5. The lowest BCUT2D eigenvalue weighted by molar-refractivity contribution is -0.137. The van der Waals surface area contributed by atoms with Gasteiger partial charge in [-0.2, -0.15) is 0 Å². The molecule has 5 heteroatoms. The molecule has 0 heterocycles. The monoisotopic (exact) mass is 242 g/mol. The molecule has 3 N–H and O–H groups in total. The average Bonchev–Trinajstić information content (AvgIpc) is 2.13. The molecule has 5 nitrogen and oxygen atoms in total. The van der Waals surface area contributed by atoms with E-state index in [-0.39, 0.29) is 30.5 Å². The van der Waals surface area contributed by atoms with Crippen LogP contribution in [0, 0.1) is 11.8 Å². The van der Waals surface area contributed by atoms with Crippen molar-refractivity contribution >= 4 is 12.0 Å². The van der Waals surface area contributed by atoms with E-state index in [1.807, 2.05) is 13.8 Å². The maximum atomic E-state index is 11.6. The van der Waals surface area contributed by atoms with Crippen LogP contribution in [0.1, 0.15) is 40.0 Å². The van der Waals surface area contributed by atoms with E-state index < -0.39 is 5.97 Å². The van der Waals surface area contributed by atoms with Gasteiger partial charge < -0.3 is 15.7 Å². The summed E-state index contributed by atoms with van der Waals surface area (Å²) in [5, 5.41) is 14.3. The first-order chi connectivity index (χ1) is 7.88. The van der Waals surface area contributed by atoms with Gasteiger partial charge in [0.2, 0.25) is 0 Å². The maximum absolute atomic E-state index is 11.6. The van der Waals surface area contributed by atoms with Crippen molar-refractivity contribution in [3.63, 3.8) is 0 Å². The molecule has 0 aromatic heterocycles. The van der Waals surface area contributed by atoms with Crippen molar-refractivity contribution in [2.75, 3.05) is 0 Å². The molecule has 98 valence electrons. The Bertz CT molecular complexity index is 285. The Morgan fingerprint density at radius 2 is 1.94 bits per heavy atom. The van der Waals surface area contributed by atoms with Crippen molar-refractivity contribution in [1.29, 1.82) is 0 Å². The molecule has 1 atom stereocenters. The molecule has 0 saturated heterocycles. The van der Waals surface area contributed by atoms with E-state index in [1.54, 1.807) is 0 Å². The fraction of sp³-hybridized carbons (Fsp3) is 0.833. The Hall–Kier alpha value is -1.26. The van der Waals surface area contributed by atoms with Gasteiger partial charge in [0.25, 0.3) is 0 Å². The standard InChI is InChI=1S/C12H22N2O3/c1-7(2)10(6-11(15)16)14-12(17)13-9-4-8(3)5-9/h7-10H,4-6H2,1-3H3,(H,15,16)(H2,13,14,17). The van der Waals surface area contributed by atoms with Crippen LogP contribution in [0.2, 0.25) is 0 Å². The topological polar surface area (TPSA) is 78.4 Å². The third-order valence-electron chi connectivity index (χ3n) is 3.22. The zero-order valence-electron chi connectivity index (χ0n) is 10.7. The summed E-state index contributed by atoms with van der Waals surface area (Å²) < 4.78 is 0. The van der Waals surface area contributed by atoms with Crippen molar-refractivity contribution in [2.45, 2.75) is 52.1 Å². The fourth-order valence-corrected chi connectivity index (χ4v) is 2.06. The summed E-state index contributed by atoms with van der Waals surface area (Å²) in [4.78, 5) is 22.3. The third kappa shape index (κ3) is 4.63. The zero-order chi connectivity index (χ0) is 13.0. The van der Waals surface area contributed by atoms with Crippen LogP contribution < -0.4 is 10.6 Å². The van der Waals surface area contributed by atoms with E-state index in [2.05, 4.69) is 17.6 Å². The Kier molecular flexibility index (Phi) is 4.78. The van der Waals surface area contributed by atoms with Crippen LogP contribution in [-0.2, 0) is 4.79 Å². The average molecular weight is 242 g/mol. The van der Waals surface area contributed by atoms with Crippen LogP contribution in [0.25, 0.3) is 0 Å². The summed E-state index contributed by atoms with van der Waals surface area (Å²) in [5.41, 5.74) is 0. The fourth-order valence-electron chi connectivity index (χ4n) is 2.06. The van der Waals surface area contributed by atoms with E-state index in [0.29, 0.717) is 5.92 Å². The van der Waals surface area contributed by atoms with E-state index in [1.165, 1.54) is 0 Å². The first-order valence-corrected chi connectivity index (χ1v) is 6.17. The molecular formula is C12H22N2O3. The largest absolute Gasteiger partial charge is 0.481 e. The Morgan fingerprint density at radius 3 is 2.35 bits per heavy atom. The molecule has 17 heavy (non-hydrogen) atoms. The molecular weight excluding hydrogens is 220 g/mol. The minimum atomic E-state index is -0.888. The number of hydrogen-bond acceptors (Lipinski definition) is 2. The van der Waals surface area contributed by atoms with E-state index >= 15 is 0 Å². The smallest absolute Gasteiger partial charge is 0.315 e. The SMILES string of the molecule is CC1CC(NC(=O)NC(CC(=O)O)C(C)C)C1. The van der Waals surface area contributed by atoms with E-state index in [0.717, 1.165) is 12.8 Å². The van der Waals surface area contributed by atoms with Crippen molar-refractivity contribution in [3.8, 4) is 0 Å². The first kappa shape index (κ1) is 13.8. The molecule has 0 aromatic carbocycles.